The largest absolute Gasteiger partial charge is 0.493 e. The molecule has 43 heavy (non-hydrogen) atoms. The number of carboxylic acids is 1. The minimum Gasteiger partial charge on any atom is -0.493 e. The average Bonchev–Trinajstić information content (AvgIpc) is 3.40. The van der Waals surface area contributed by atoms with Crippen LogP contribution in [0.25, 0.3) is 0 Å². The highest BCUT2D eigenvalue weighted by atomic mass is 35.5. The highest BCUT2D eigenvalue weighted by Gasteiger charge is 2.39. The molecule has 3 aromatic rings. The van der Waals surface area contributed by atoms with E-state index in [2.05, 4.69) is 10.1 Å². The zero-order chi connectivity index (χ0) is 31.1. The molecule has 2 N–H and O–H groups in total. The Morgan fingerprint density at radius 2 is 1.91 bits per heavy atom. The number of rotatable bonds is 14. The van der Waals surface area contributed by atoms with Gasteiger partial charge in [-0.05, 0) is 43.5 Å². The summed E-state index contributed by atoms with van der Waals surface area (Å²) in [5, 5.41) is 23.4. The van der Waals surface area contributed by atoms with Crippen LogP contribution in [0.5, 0.6) is 11.5 Å². The van der Waals surface area contributed by atoms with Crippen LogP contribution in [0.15, 0.2) is 40.9 Å². The molecule has 0 spiro atoms. The number of hydrogen-bond donors (Lipinski definition) is 2. The van der Waals surface area contributed by atoms with E-state index in [1.54, 1.807) is 43.4 Å². The maximum atomic E-state index is 14.2. The number of nitrogens with zero attached hydrogens (tertiary/aromatic N) is 3. The molecule has 1 amide bonds. The summed E-state index contributed by atoms with van der Waals surface area (Å²) >= 11 is 6.49. The summed E-state index contributed by atoms with van der Waals surface area (Å²) < 4.78 is 23.2. The number of carbonyl (C=O) groups excluding carboxylic acids is 1. The number of amides is 1. The highest BCUT2D eigenvalue weighted by molar-refractivity contribution is 6.30. The Kier molecular flexibility index (Phi) is 10.6. The van der Waals surface area contributed by atoms with Gasteiger partial charge in [-0.2, -0.15) is 4.98 Å². The van der Waals surface area contributed by atoms with Crippen LogP contribution in [0.2, 0.25) is 5.02 Å². The Balaban J connectivity index is 1.66. The number of halogens is 1. The van der Waals surface area contributed by atoms with Crippen molar-refractivity contribution in [3.05, 3.63) is 64.3 Å². The molecule has 12 heteroatoms. The van der Waals surface area contributed by atoms with E-state index in [4.69, 9.17) is 35.4 Å². The summed E-state index contributed by atoms with van der Waals surface area (Å²) in [7, 11) is 3.11. The lowest BCUT2D eigenvalue weighted by molar-refractivity contribution is -0.137. The molecule has 0 fully saturated rings. The van der Waals surface area contributed by atoms with Crippen LogP contribution in [-0.4, -0.2) is 65.7 Å². The number of aliphatic carboxylic acids is 1. The van der Waals surface area contributed by atoms with Gasteiger partial charge in [-0.15, -0.1) is 0 Å². The van der Waals surface area contributed by atoms with Gasteiger partial charge in [0, 0.05) is 59.7 Å². The zero-order valence-electron chi connectivity index (χ0n) is 24.8. The lowest BCUT2D eigenvalue weighted by Crippen LogP contribution is -2.45. The maximum Gasteiger partial charge on any atom is 0.303 e. The van der Waals surface area contributed by atoms with Crippen LogP contribution in [-0.2, 0) is 27.2 Å². The summed E-state index contributed by atoms with van der Waals surface area (Å²) in [5.41, 5.74) is 1.41. The first kappa shape index (κ1) is 32.2. The van der Waals surface area contributed by atoms with Gasteiger partial charge in [-0.3, -0.25) is 9.59 Å². The van der Waals surface area contributed by atoms with Crippen LogP contribution < -0.4 is 14.4 Å². The molecule has 1 aliphatic heterocycles. The van der Waals surface area contributed by atoms with Gasteiger partial charge < -0.3 is 33.8 Å². The van der Waals surface area contributed by atoms with Crippen molar-refractivity contribution in [3.63, 3.8) is 0 Å². The van der Waals surface area contributed by atoms with Gasteiger partial charge in [0.15, 0.2) is 17.3 Å². The number of carbonyl (C=O) groups is 2. The van der Waals surface area contributed by atoms with Crippen LogP contribution in [0.4, 0.5) is 5.69 Å². The van der Waals surface area contributed by atoms with Crippen molar-refractivity contribution in [1.29, 1.82) is 0 Å². The van der Waals surface area contributed by atoms with Crippen LogP contribution in [0.1, 0.15) is 68.5 Å². The van der Waals surface area contributed by atoms with Crippen LogP contribution in [0, 0.1) is 5.41 Å². The second kappa shape index (κ2) is 14.2. The van der Waals surface area contributed by atoms with Gasteiger partial charge in [0.1, 0.15) is 12.2 Å². The van der Waals surface area contributed by atoms with Gasteiger partial charge in [0.2, 0.25) is 5.89 Å². The van der Waals surface area contributed by atoms with Crippen LogP contribution in [0.3, 0.4) is 0 Å². The lowest BCUT2D eigenvalue weighted by atomic mass is 9.92. The summed E-state index contributed by atoms with van der Waals surface area (Å²) in [6.07, 6.45) is 0.525. The number of ether oxygens (including phenoxy) is 3. The Labute approximate surface area is 255 Å². The van der Waals surface area contributed by atoms with Crippen molar-refractivity contribution in [2.45, 2.75) is 64.6 Å². The van der Waals surface area contributed by atoms with Crippen molar-refractivity contribution in [2.24, 2.45) is 5.41 Å². The Bertz CT molecular complexity index is 1430. The van der Waals surface area contributed by atoms with Gasteiger partial charge in [-0.25, -0.2) is 0 Å². The quantitative estimate of drug-likeness (QED) is 0.254. The molecule has 2 atom stereocenters. The molecule has 2 aromatic carbocycles. The second-order valence-corrected chi connectivity index (χ2v) is 11.7. The minimum absolute atomic E-state index is 0.0231. The first-order valence-corrected chi connectivity index (χ1v) is 14.6. The van der Waals surface area contributed by atoms with Crippen LogP contribution >= 0.6 is 11.6 Å². The first-order chi connectivity index (χ1) is 20.6. The molecule has 232 valence electrons. The number of aryl methyl sites for hydroxylation is 2. The number of aromatic nitrogens is 2. The van der Waals surface area contributed by atoms with E-state index in [9.17, 15) is 14.7 Å². The number of fused-ring (bicyclic) bond motifs is 1. The van der Waals surface area contributed by atoms with Crippen molar-refractivity contribution >= 4 is 29.2 Å². The van der Waals surface area contributed by atoms with E-state index in [-0.39, 0.29) is 25.5 Å². The Hall–Kier alpha value is -3.67. The van der Waals surface area contributed by atoms with Gasteiger partial charge in [0.05, 0.1) is 14.2 Å². The van der Waals surface area contributed by atoms with E-state index in [0.29, 0.717) is 77.2 Å². The molecule has 1 aromatic heterocycles. The van der Waals surface area contributed by atoms with Gasteiger partial charge >= 0.3 is 5.97 Å². The van der Waals surface area contributed by atoms with E-state index < -0.39 is 23.6 Å². The molecule has 2 unspecified atom stereocenters. The molecule has 0 bridgehead atoms. The molecular formula is C31H38ClN3O8. The van der Waals surface area contributed by atoms with E-state index in [1.807, 2.05) is 26.0 Å². The van der Waals surface area contributed by atoms with Crippen molar-refractivity contribution < 1.29 is 38.5 Å². The van der Waals surface area contributed by atoms with E-state index in [1.165, 1.54) is 0 Å². The smallest absolute Gasteiger partial charge is 0.303 e. The van der Waals surface area contributed by atoms with Gasteiger partial charge in [0.25, 0.3) is 5.91 Å². The number of anilines is 1. The Morgan fingerprint density at radius 1 is 1.12 bits per heavy atom. The normalized spacial score (nSPS) is 17.0. The number of hydrogen-bond acceptors (Lipinski definition) is 9. The molecule has 0 saturated heterocycles. The topological polar surface area (TPSA) is 144 Å². The third-order valence-electron chi connectivity index (χ3n) is 7.29. The number of para-hydroxylation sites is 1. The number of benzene rings is 2. The number of aliphatic hydroxyl groups is 1. The Morgan fingerprint density at radius 3 is 2.60 bits per heavy atom. The fraction of sp³-hybridized carbons (Fsp3) is 0.484. The molecule has 4 rings (SSSR count). The summed E-state index contributed by atoms with van der Waals surface area (Å²) in [4.78, 5) is 31.0. The number of aliphatic hydroxyl groups excluding tert-OH is 1. The SMILES string of the molecule is COc1cccc(C2OC(CCCc3noc(CCCC(=O)O)n3)C(=O)N(CC(C)(C)CO)c3ccc(Cl)cc32)c1OC. The molecular weight excluding hydrogens is 578 g/mol. The third-order valence-corrected chi connectivity index (χ3v) is 7.53. The predicted molar refractivity (Wildman–Crippen MR) is 159 cm³/mol. The summed E-state index contributed by atoms with van der Waals surface area (Å²) in [6, 6.07) is 10.8. The molecule has 0 saturated carbocycles. The standard InChI is InChI=1S/C31H38ClN3O8/c1-31(2,18-36)17-35-22-15-14-19(32)16-21(22)28(20-8-5-9-23(40-3)29(20)41-4)42-24(30(35)39)10-6-11-25-33-26(43-34-25)12-7-13-27(37)38/h5,8-9,14-16,24,28,36H,6-7,10-13,17-18H2,1-4H3,(H,37,38). The molecule has 0 aliphatic carbocycles. The highest BCUT2D eigenvalue weighted by Crippen LogP contribution is 2.45. The minimum atomic E-state index is -0.876. The summed E-state index contributed by atoms with van der Waals surface area (Å²) in [6.45, 7) is 3.92. The molecule has 1 aliphatic rings. The predicted octanol–water partition coefficient (Wildman–Crippen LogP) is 5.01. The number of methoxy groups -OCH3 is 2. The van der Waals surface area contributed by atoms with Crippen molar-refractivity contribution in [1.82, 2.24) is 10.1 Å². The first-order valence-electron chi connectivity index (χ1n) is 14.2. The maximum absolute atomic E-state index is 14.2. The summed E-state index contributed by atoms with van der Waals surface area (Å²) in [5.74, 6) is 0.751. The molecule has 11 nitrogen and oxygen atoms in total. The number of carboxylic acid groups (broad SMARTS) is 1. The van der Waals surface area contributed by atoms with E-state index >= 15 is 0 Å². The lowest BCUT2D eigenvalue weighted by Gasteiger charge is -2.32. The average molecular weight is 616 g/mol. The van der Waals surface area contributed by atoms with E-state index in [0.717, 1.165) is 0 Å². The van der Waals surface area contributed by atoms with Crippen molar-refractivity contribution in [3.8, 4) is 11.5 Å². The monoisotopic (exact) mass is 615 g/mol. The second-order valence-electron chi connectivity index (χ2n) is 11.3. The molecule has 2 heterocycles. The fourth-order valence-corrected chi connectivity index (χ4v) is 5.27. The van der Waals surface area contributed by atoms with Gasteiger partial charge in [-0.1, -0.05) is 42.7 Å². The third kappa shape index (κ3) is 7.84. The fourth-order valence-electron chi connectivity index (χ4n) is 5.09. The molecule has 0 radical (unpaired) electrons. The van der Waals surface area contributed by atoms with Crippen molar-refractivity contribution in [2.75, 3.05) is 32.3 Å². The zero-order valence-corrected chi connectivity index (χ0v) is 25.6.